The number of rotatable bonds is 6. The molecule has 116 valence electrons. The van der Waals surface area contributed by atoms with Crippen molar-refractivity contribution in [3.05, 3.63) is 17.6 Å². The predicted octanol–water partition coefficient (Wildman–Crippen LogP) is 1.32. The van der Waals surface area contributed by atoms with Crippen molar-refractivity contribution in [2.24, 2.45) is 0 Å². The lowest BCUT2D eigenvalue weighted by Crippen LogP contribution is -2.35. The van der Waals surface area contributed by atoms with E-state index < -0.39 is 0 Å². The molecule has 1 unspecified atom stereocenters. The Morgan fingerprint density at radius 2 is 2.29 bits per heavy atom. The number of amides is 1. The molecule has 2 N–H and O–H groups in total. The zero-order valence-electron chi connectivity index (χ0n) is 13.1. The van der Waals surface area contributed by atoms with E-state index in [1.54, 1.807) is 6.92 Å². The highest BCUT2D eigenvalue weighted by Crippen LogP contribution is 2.13. The van der Waals surface area contributed by atoms with Gasteiger partial charge in [0.15, 0.2) is 0 Å². The molecule has 1 aromatic heterocycles. The van der Waals surface area contributed by atoms with Gasteiger partial charge in [0.25, 0.3) is 0 Å². The summed E-state index contributed by atoms with van der Waals surface area (Å²) in [5, 5.41) is 6.28. The second-order valence-corrected chi connectivity index (χ2v) is 5.66. The fraction of sp³-hybridized carbons (Fsp3) is 0.667. The van der Waals surface area contributed by atoms with Crippen LogP contribution >= 0.6 is 0 Å². The third kappa shape index (κ3) is 4.97. The summed E-state index contributed by atoms with van der Waals surface area (Å²) in [7, 11) is 0. The highest BCUT2D eigenvalue weighted by molar-refractivity contribution is 5.73. The first-order valence-corrected chi connectivity index (χ1v) is 7.64. The molecule has 6 heteroatoms. The van der Waals surface area contributed by atoms with Crippen molar-refractivity contribution in [3.8, 4) is 0 Å². The van der Waals surface area contributed by atoms with Gasteiger partial charge in [-0.2, -0.15) is 0 Å². The highest BCUT2D eigenvalue weighted by Gasteiger charge is 2.23. The van der Waals surface area contributed by atoms with Crippen molar-refractivity contribution in [1.82, 2.24) is 20.2 Å². The van der Waals surface area contributed by atoms with E-state index in [1.807, 2.05) is 13.0 Å². The fourth-order valence-corrected chi connectivity index (χ4v) is 2.63. The van der Waals surface area contributed by atoms with E-state index >= 15 is 0 Å². The van der Waals surface area contributed by atoms with E-state index in [0.29, 0.717) is 0 Å². The van der Waals surface area contributed by atoms with Crippen LogP contribution in [0, 0.1) is 6.92 Å². The number of nitrogens with zero attached hydrogens (tertiary/aromatic N) is 3. The Bertz CT molecular complexity index is 491. The number of anilines is 1. The van der Waals surface area contributed by atoms with Crippen LogP contribution in [0.2, 0.25) is 0 Å². The van der Waals surface area contributed by atoms with Crippen LogP contribution < -0.4 is 10.6 Å². The molecule has 6 nitrogen and oxygen atoms in total. The monoisotopic (exact) mass is 291 g/mol. The van der Waals surface area contributed by atoms with Gasteiger partial charge in [-0.1, -0.05) is 6.92 Å². The predicted molar refractivity (Wildman–Crippen MR) is 83.0 cm³/mol. The molecule has 1 atom stereocenters. The van der Waals surface area contributed by atoms with E-state index in [-0.39, 0.29) is 11.9 Å². The molecule has 1 aliphatic heterocycles. The van der Waals surface area contributed by atoms with Crippen molar-refractivity contribution < 1.29 is 4.79 Å². The van der Waals surface area contributed by atoms with Crippen molar-refractivity contribution >= 4 is 11.7 Å². The van der Waals surface area contributed by atoms with Crippen LogP contribution in [0.25, 0.3) is 0 Å². The minimum absolute atomic E-state index is 0.0414. The zero-order valence-corrected chi connectivity index (χ0v) is 13.1. The minimum atomic E-state index is 0.0414. The van der Waals surface area contributed by atoms with E-state index in [9.17, 15) is 4.79 Å². The maximum Gasteiger partial charge on any atom is 0.217 e. The molecule has 1 aromatic rings. The number of aryl methyl sites for hydroxylation is 1. The van der Waals surface area contributed by atoms with Crippen LogP contribution in [0.3, 0.4) is 0 Å². The molecule has 0 spiro atoms. The largest absolute Gasteiger partial charge is 0.370 e. The van der Waals surface area contributed by atoms with Crippen molar-refractivity contribution in [2.45, 2.75) is 46.2 Å². The third-order valence-corrected chi connectivity index (χ3v) is 3.50. The topological polar surface area (TPSA) is 70.2 Å². The second kappa shape index (κ2) is 7.36. The summed E-state index contributed by atoms with van der Waals surface area (Å²) in [4.78, 5) is 22.5. The summed E-state index contributed by atoms with van der Waals surface area (Å²) >= 11 is 0. The Morgan fingerprint density at radius 1 is 1.48 bits per heavy atom. The van der Waals surface area contributed by atoms with Crippen molar-refractivity contribution in [3.63, 3.8) is 0 Å². The zero-order chi connectivity index (χ0) is 15.2. The van der Waals surface area contributed by atoms with E-state index in [0.717, 1.165) is 56.4 Å². The number of carbonyl (C=O) groups is 1. The summed E-state index contributed by atoms with van der Waals surface area (Å²) in [5.41, 5.74) is 0.983. The van der Waals surface area contributed by atoms with Gasteiger partial charge in [-0.25, -0.2) is 9.97 Å². The molecule has 21 heavy (non-hydrogen) atoms. The molecule has 1 saturated heterocycles. The highest BCUT2D eigenvalue weighted by atomic mass is 16.1. The van der Waals surface area contributed by atoms with Gasteiger partial charge in [-0.05, 0) is 19.8 Å². The first-order chi connectivity index (χ1) is 10.1. The van der Waals surface area contributed by atoms with Gasteiger partial charge < -0.3 is 10.6 Å². The van der Waals surface area contributed by atoms with Crippen LogP contribution in [-0.4, -0.2) is 46.5 Å². The molecule has 0 radical (unpaired) electrons. The number of likely N-dealkylation sites (tertiary alicyclic amines) is 1. The lowest BCUT2D eigenvalue weighted by atomic mass is 10.3. The maximum absolute atomic E-state index is 11.1. The Kier molecular flexibility index (Phi) is 5.50. The molecule has 1 fully saturated rings. The first-order valence-electron chi connectivity index (χ1n) is 7.64. The van der Waals surface area contributed by atoms with E-state index in [4.69, 9.17) is 0 Å². The van der Waals surface area contributed by atoms with Crippen LogP contribution in [0.15, 0.2) is 6.07 Å². The average molecular weight is 291 g/mol. The Labute approximate surface area is 126 Å². The molecule has 1 aliphatic rings. The molecule has 0 aromatic carbocycles. The Morgan fingerprint density at radius 3 is 3.00 bits per heavy atom. The number of nitrogens with one attached hydrogen (secondary N) is 2. The van der Waals surface area contributed by atoms with Gasteiger partial charge >= 0.3 is 0 Å². The molecule has 0 saturated carbocycles. The first kappa shape index (κ1) is 15.7. The van der Waals surface area contributed by atoms with Gasteiger partial charge in [0, 0.05) is 44.4 Å². The van der Waals surface area contributed by atoms with Crippen LogP contribution in [-0.2, 0) is 11.3 Å². The summed E-state index contributed by atoms with van der Waals surface area (Å²) in [6, 6.07) is 2.23. The molecule has 2 rings (SSSR count). The lowest BCUT2D eigenvalue weighted by Gasteiger charge is -2.16. The maximum atomic E-state index is 11.1. The molecule has 2 heterocycles. The molecular formula is C15H25N5O. The SMILES string of the molecule is CCCNc1cc(C)nc(CN2CCC(NC(C)=O)C2)n1. The third-order valence-electron chi connectivity index (χ3n) is 3.50. The quantitative estimate of drug-likeness (QED) is 0.827. The van der Waals surface area contributed by atoms with Gasteiger partial charge in [-0.3, -0.25) is 9.69 Å². The smallest absolute Gasteiger partial charge is 0.217 e. The van der Waals surface area contributed by atoms with E-state index in [1.165, 1.54) is 0 Å². The van der Waals surface area contributed by atoms with Gasteiger partial charge in [0.1, 0.15) is 11.6 Å². The van der Waals surface area contributed by atoms with Crippen molar-refractivity contribution in [1.29, 1.82) is 0 Å². The summed E-state index contributed by atoms with van der Waals surface area (Å²) in [5.74, 6) is 1.79. The fourth-order valence-electron chi connectivity index (χ4n) is 2.63. The minimum Gasteiger partial charge on any atom is -0.370 e. The standard InChI is InChI=1S/C15H25N5O/c1-4-6-16-14-8-11(2)17-15(19-14)10-20-7-5-13(9-20)18-12(3)21/h8,13H,4-7,9-10H2,1-3H3,(H,18,21)(H,16,17,19). The van der Waals surface area contributed by atoms with Crippen LogP contribution in [0.1, 0.15) is 38.2 Å². The number of hydrogen-bond acceptors (Lipinski definition) is 5. The van der Waals surface area contributed by atoms with Crippen LogP contribution in [0.4, 0.5) is 5.82 Å². The molecule has 0 bridgehead atoms. The van der Waals surface area contributed by atoms with Gasteiger partial charge in [0.05, 0.1) is 6.54 Å². The van der Waals surface area contributed by atoms with E-state index in [2.05, 4.69) is 32.4 Å². The van der Waals surface area contributed by atoms with Crippen LogP contribution in [0.5, 0.6) is 0 Å². The Balaban J connectivity index is 1.93. The number of hydrogen-bond donors (Lipinski definition) is 2. The normalized spacial score (nSPS) is 18.7. The molecular weight excluding hydrogens is 266 g/mol. The van der Waals surface area contributed by atoms with Crippen molar-refractivity contribution in [2.75, 3.05) is 25.0 Å². The molecule has 0 aliphatic carbocycles. The second-order valence-electron chi connectivity index (χ2n) is 5.66. The number of aromatic nitrogens is 2. The van der Waals surface area contributed by atoms with Gasteiger partial charge in [-0.15, -0.1) is 0 Å². The average Bonchev–Trinajstić information content (AvgIpc) is 2.82. The number of carbonyl (C=O) groups excluding carboxylic acids is 1. The summed E-state index contributed by atoms with van der Waals surface area (Å²) in [6.07, 6.45) is 2.06. The van der Waals surface area contributed by atoms with Gasteiger partial charge in [0.2, 0.25) is 5.91 Å². The lowest BCUT2D eigenvalue weighted by molar-refractivity contribution is -0.119. The summed E-state index contributed by atoms with van der Waals surface area (Å²) < 4.78 is 0. The summed E-state index contributed by atoms with van der Waals surface area (Å²) in [6.45, 7) is 9.19. The Hall–Kier alpha value is -1.69. The molecule has 1 amide bonds.